The van der Waals surface area contributed by atoms with Crippen molar-refractivity contribution in [3.8, 4) is 0 Å². The molecular formula is C13H23N3O. The van der Waals surface area contributed by atoms with Crippen molar-refractivity contribution < 1.29 is 4.79 Å². The van der Waals surface area contributed by atoms with E-state index >= 15 is 0 Å². The smallest absolute Gasteiger partial charge is 0.223 e. The minimum absolute atomic E-state index is 0.0177. The number of rotatable bonds is 6. The highest BCUT2D eigenvalue weighted by molar-refractivity contribution is 5.78. The van der Waals surface area contributed by atoms with E-state index in [2.05, 4.69) is 10.4 Å². The Morgan fingerprint density at radius 2 is 2.06 bits per heavy atom. The van der Waals surface area contributed by atoms with Crippen molar-refractivity contribution in [2.45, 2.75) is 53.1 Å². The van der Waals surface area contributed by atoms with Crippen LogP contribution in [0.3, 0.4) is 0 Å². The molecule has 17 heavy (non-hydrogen) atoms. The Balaban J connectivity index is 2.59. The predicted octanol–water partition coefficient (Wildman–Crippen LogP) is 2.52. The number of amides is 1. The molecule has 0 bridgehead atoms. The second-order valence-electron chi connectivity index (χ2n) is 4.34. The van der Waals surface area contributed by atoms with Crippen LogP contribution in [-0.2, 0) is 11.3 Å². The maximum absolute atomic E-state index is 11.9. The molecule has 4 heteroatoms. The second-order valence-corrected chi connectivity index (χ2v) is 4.34. The first-order valence-electron chi connectivity index (χ1n) is 6.46. The molecule has 0 aromatic carbocycles. The molecule has 0 saturated carbocycles. The number of hydrogen-bond donors (Lipinski definition) is 1. The van der Waals surface area contributed by atoms with Gasteiger partial charge in [0, 0.05) is 18.7 Å². The van der Waals surface area contributed by atoms with Gasteiger partial charge in [-0.25, -0.2) is 0 Å². The van der Waals surface area contributed by atoms with Crippen molar-refractivity contribution >= 4 is 5.91 Å². The Morgan fingerprint density at radius 1 is 1.41 bits per heavy atom. The third-order valence-electron chi connectivity index (χ3n) is 3.14. The number of nitrogens with zero attached hydrogens (tertiary/aromatic N) is 2. The van der Waals surface area contributed by atoms with E-state index in [-0.39, 0.29) is 17.9 Å². The molecule has 0 fully saturated rings. The summed E-state index contributed by atoms with van der Waals surface area (Å²) in [5, 5.41) is 7.42. The molecule has 1 heterocycles. The first-order chi connectivity index (χ1) is 8.12. The van der Waals surface area contributed by atoms with Crippen molar-refractivity contribution in [2.24, 2.45) is 5.92 Å². The van der Waals surface area contributed by atoms with Gasteiger partial charge in [0.1, 0.15) is 0 Å². The average Bonchev–Trinajstić information content (AvgIpc) is 2.79. The van der Waals surface area contributed by atoms with Crippen LogP contribution in [0.15, 0.2) is 12.3 Å². The summed E-state index contributed by atoms with van der Waals surface area (Å²) in [5.41, 5.74) is 0.922. The Kier molecular flexibility index (Phi) is 5.19. The van der Waals surface area contributed by atoms with Gasteiger partial charge in [0.05, 0.1) is 11.7 Å². The molecule has 1 amide bonds. The maximum atomic E-state index is 11.9. The number of nitrogens with one attached hydrogen (secondary N) is 1. The van der Waals surface area contributed by atoms with Crippen LogP contribution in [0.4, 0.5) is 0 Å². The van der Waals surface area contributed by atoms with Crippen LogP contribution in [0.5, 0.6) is 0 Å². The second kappa shape index (κ2) is 6.42. The van der Waals surface area contributed by atoms with E-state index in [0.29, 0.717) is 0 Å². The molecule has 1 atom stereocenters. The van der Waals surface area contributed by atoms with Gasteiger partial charge in [-0.2, -0.15) is 5.10 Å². The van der Waals surface area contributed by atoms with Crippen molar-refractivity contribution in [1.82, 2.24) is 15.1 Å². The molecule has 0 aliphatic rings. The molecule has 0 aliphatic heterocycles. The van der Waals surface area contributed by atoms with Gasteiger partial charge in [-0.3, -0.25) is 9.48 Å². The molecular weight excluding hydrogens is 214 g/mol. The highest BCUT2D eigenvalue weighted by atomic mass is 16.1. The largest absolute Gasteiger partial charge is 0.348 e. The van der Waals surface area contributed by atoms with Crippen LogP contribution >= 0.6 is 0 Å². The van der Waals surface area contributed by atoms with Crippen molar-refractivity contribution in [3.63, 3.8) is 0 Å². The summed E-state index contributed by atoms with van der Waals surface area (Å²) in [6.45, 7) is 8.97. The van der Waals surface area contributed by atoms with E-state index in [0.717, 1.165) is 25.1 Å². The SMILES string of the molecule is CCC(CC)C(=O)NC(C)c1ccn(CC)n1. The van der Waals surface area contributed by atoms with Gasteiger partial charge in [-0.1, -0.05) is 13.8 Å². The zero-order valence-electron chi connectivity index (χ0n) is 11.2. The van der Waals surface area contributed by atoms with Crippen LogP contribution in [0, 0.1) is 5.92 Å². The number of aryl methyl sites for hydroxylation is 1. The zero-order chi connectivity index (χ0) is 12.8. The lowest BCUT2D eigenvalue weighted by Gasteiger charge is -2.16. The van der Waals surface area contributed by atoms with Crippen LogP contribution in [0.1, 0.15) is 52.3 Å². The summed E-state index contributed by atoms with van der Waals surface area (Å²) in [4.78, 5) is 11.9. The molecule has 96 valence electrons. The third kappa shape index (κ3) is 3.58. The minimum Gasteiger partial charge on any atom is -0.348 e. The Morgan fingerprint density at radius 3 is 2.53 bits per heavy atom. The fourth-order valence-electron chi connectivity index (χ4n) is 1.85. The van der Waals surface area contributed by atoms with Crippen LogP contribution < -0.4 is 5.32 Å². The summed E-state index contributed by atoms with van der Waals surface area (Å²) >= 11 is 0. The van der Waals surface area contributed by atoms with E-state index in [1.54, 1.807) is 0 Å². The molecule has 4 nitrogen and oxygen atoms in total. The Hall–Kier alpha value is -1.32. The van der Waals surface area contributed by atoms with Crippen LogP contribution in [-0.4, -0.2) is 15.7 Å². The third-order valence-corrected chi connectivity index (χ3v) is 3.14. The standard InChI is InChI=1S/C13H23N3O/c1-5-11(6-2)13(17)14-10(4)12-8-9-16(7-3)15-12/h8-11H,5-7H2,1-4H3,(H,14,17). The Labute approximate surface area is 103 Å². The minimum atomic E-state index is -0.0177. The predicted molar refractivity (Wildman–Crippen MR) is 68.5 cm³/mol. The molecule has 1 unspecified atom stereocenters. The van der Waals surface area contributed by atoms with E-state index < -0.39 is 0 Å². The summed E-state index contributed by atoms with van der Waals surface area (Å²) in [7, 11) is 0. The van der Waals surface area contributed by atoms with E-state index in [4.69, 9.17) is 0 Å². The molecule has 1 N–H and O–H groups in total. The number of carbonyl (C=O) groups excluding carboxylic acids is 1. The summed E-state index contributed by atoms with van der Waals surface area (Å²) in [5.74, 6) is 0.249. The van der Waals surface area contributed by atoms with Gasteiger partial charge in [0.2, 0.25) is 5.91 Å². The normalized spacial score (nSPS) is 12.8. The van der Waals surface area contributed by atoms with E-state index in [9.17, 15) is 4.79 Å². The lowest BCUT2D eigenvalue weighted by atomic mass is 10.0. The number of aromatic nitrogens is 2. The van der Waals surface area contributed by atoms with E-state index in [1.807, 2.05) is 44.6 Å². The van der Waals surface area contributed by atoms with Crippen LogP contribution in [0.25, 0.3) is 0 Å². The lowest BCUT2D eigenvalue weighted by Crippen LogP contribution is -2.32. The molecule has 0 aliphatic carbocycles. The molecule has 0 spiro atoms. The van der Waals surface area contributed by atoms with Crippen LogP contribution in [0.2, 0.25) is 0 Å². The van der Waals surface area contributed by atoms with Crippen molar-refractivity contribution in [2.75, 3.05) is 0 Å². The topological polar surface area (TPSA) is 46.9 Å². The fraction of sp³-hybridized carbons (Fsp3) is 0.692. The molecule has 0 saturated heterocycles. The van der Waals surface area contributed by atoms with Gasteiger partial charge in [-0.05, 0) is 32.8 Å². The summed E-state index contributed by atoms with van der Waals surface area (Å²) < 4.78 is 1.87. The molecule has 1 aromatic heterocycles. The first-order valence-corrected chi connectivity index (χ1v) is 6.46. The lowest BCUT2D eigenvalue weighted by molar-refractivity contribution is -0.125. The van der Waals surface area contributed by atoms with Gasteiger partial charge < -0.3 is 5.32 Å². The van der Waals surface area contributed by atoms with E-state index in [1.165, 1.54) is 0 Å². The zero-order valence-corrected chi connectivity index (χ0v) is 11.2. The number of hydrogen-bond acceptors (Lipinski definition) is 2. The Bertz CT molecular complexity index is 355. The highest BCUT2D eigenvalue weighted by Crippen LogP contribution is 2.13. The van der Waals surface area contributed by atoms with Crippen molar-refractivity contribution in [3.05, 3.63) is 18.0 Å². The molecule has 0 radical (unpaired) electrons. The monoisotopic (exact) mass is 237 g/mol. The van der Waals surface area contributed by atoms with Gasteiger partial charge in [0.25, 0.3) is 0 Å². The fourth-order valence-corrected chi connectivity index (χ4v) is 1.85. The number of carbonyl (C=O) groups is 1. The summed E-state index contributed by atoms with van der Waals surface area (Å²) in [6.07, 6.45) is 3.71. The first kappa shape index (κ1) is 13.7. The molecule has 1 rings (SSSR count). The van der Waals surface area contributed by atoms with Gasteiger partial charge in [-0.15, -0.1) is 0 Å². The molecule has 1 aromatic rings. The van der Waals surface area contributed by atoms with Crippen molar-refractivity contribution in [1.29, 1.82) is 0 Å². The van der Waals surface area contributed by atoms with Gasteiger partial charge >= 0.3 is 0 Å². The maximum Gasteiger partial charge on any atom is 0.223 e. The highest BCUT2D eigenvalue weighted by Gasteiger charge is 2.18. The quantitative estimate of drug-likeness (QED) is 0.826. The summed E-state index contributed by atoms with van der Waals surface area (Å²) in [6, 6.07) is 1.94. The van der Waals surface area contributed by atoms with Gasteiger partial charge in [0.15, 0.2) is 0 Å². The average molecular weight is 237 g/mol.